The van der Waals surface area contributed by atoms with Crippen LogP contribution in [0, 0.1) is 0 Å². The van der Waals surface area contributed by atoms with E-state index < -0.39 is 0 Å². The van der Waals surface area contributed by atoms with Crippen molar-refractivity contribution >= 4 is 33.4 Å². The fourth-order valence-corrected chi connectivity index (χ4v) is 7.14. The van der Waals surface area contributed by atoms with E-state index in [-0.39, 0.29) is 17.9 Å². The molecule has 2 aromatic rings. The highest BCUT2D eigenvalue weighted by atomic mass is 32.1. The van der Waals surface area contributed by atoms with Crippen LogP contribution in [0.15, 0.2) is 6.33 Å². The van der Waals surface area contributed by atoms with Gasteiger partial charge < -0.3 is 15.4 Å². The normalized spacial score (nSPS) is 24.6. The SMILES string of the molecule is CN(CC(=O)N1CCCC1)C1CCC(Oc2ncnc3sc4c(c23)C(CCC(N)=O)CC4)CC1. The Labute approximate surface area is 204 Å². The number of nitrogens with zero attached hydrogens (tertiary/aromatic N) is 4. The quantitative estimate of drug-likeness (QED) is 0.616. The van der Waals surface area contributed by atoms with Gasteiger partial charge in [-0.3, -0.25) is 14.5 Å². The lowest BCUT2D eigenvalue weighted by Gasteiger charge is -2.35. The lowest BCUT2D eigenvalue weighted by molar-refractivity contribution is -0.131. The van der Waals surface area contributed by atoms with Crippen LogP contribution in [0.4, 0.5) is 0 Å². The highest BCUT2D eigenvalue weighted by Crippen LogP contribution is 2.47. The molecule has 8 nitrogen and oxygen atoms in total. The fraction of sp³-hybridized carbons (Fsp3) is 0.680. The number of thiophene rings is 1. The molecule has 184 valence electrons. The number of likely N-dealkylation sites (tertiary alicyclic amines) is 1. The van der Waals surface area contributed by atoms with Gasteiger partial charge in [0.25, 0.3) is 0 Å². The van der Waals surface area contributed by atoms with Crippen molar-refractivity contribution in [2.45, 2.75) is 82.3 Å². The maximum Gasteiger partial charge on any atom is 0.236 e. The predicted octanol–water partition coefficient (Wildman–Crippen LogP) is 3.23. The van der Waals surface area contributed by atoms with E-state index >= 15 is 0 Å². The van der Waals surface area contributed by atoms with E-state index in [1.54, 1.807) is 17.7 Å². The fourth-order valence-electron chi connectivity index (χ4n) is 5.91. The molecule has 2 amide bonds. The molecule has 2 aliphatic carbocycles. The minimum atomic E-state index is -0.246. The first-order valence-corrected chi connectivity index (χ1v) is 13.5. The molecule has 3 heterocycles. The van der Waals surface area contributed by atoms with Crippen molar-refractivity contribution in [1.29, 1.82) is 0 Å². The number of likely N-dealkylation sites (N-methyl/N-ethyl adjacent to an activating group) is 1. The topological polar surface area (TPSA) is 102 Å². The number of aromatic nitrogens is 2. The Morgan fingerprint density at radius 1 is 1.18 bits per heavy atom. The first-order chi connectivity index (χ1) is 16.5. The molecular weight excluding hydrogens is 450 g/mol. The second-order valence-corrected chi connectivity index (χ2v) is 11.2. The molecule has 1 aliphatic heterocycles. The number of amides is 2. The van der Waals surface area contributed by atoms with Gasteiger partial charge in [0.15, 0.2) is 0 Å². The van der Waals surface area contributed by atoms with E-state index in [4.69, 9.17) is 10.5 Å². The number of ether oxygens (including phenoxy) is 1. The number of fused-ring (bicyclic) bond motifs is 3. The Hall–Kier alpha value is -2.26. The molecule has 2 fully saturated rings. The average molecular weight is 486 g/mol. The molecule has 1 unspecified atom stereocenters. The van der Waals surface area contributed by atoms with Gasteiger partial charge in [-0.1, -0.05) is 0 Å². The van der Waals surface area contributed by atoms with Gasteiger partial charge in [0.2, 0.25) is 17.7 Å². The van der Waals surface area contributed by atoms with Crippen molar-refractivity contribution in [3.8, 4) is 5.88 Å². The third kappa shape index (κ3) is 4.91. The van der Waals surface area contributed by atoms with Crippen LogP contribution >= 0.6 is 11.3 Å². The zero-order valence-corrected chi connectivity index (χ0v) is 20.8. The summed E-state index contributed by atoms with van der Waals surface area (Å²) in [5, 5.41) is 1.05. The largest absolute Gasteiger partial charge is 0.474 e. The predicted molar refractivity (Wildman–Crippen MR) is 132 cm³/mol. The number of aryl methyl sites for hydroxylation is 1. The summed E-state index contributed by atoms with van der Waals surface area (Å²) in [7, 11) is 2.08. The maximum absolute atomic E-state index is 12.5. The lowest BCUT2D eigenvalue weighted by atomic mass is 9.92. The number of nitrogens with two attached hydrogens (primary N) is 1. The van der Waals surface area contributed by atoms with Crippen molar-refractivity contribution in [1.82, 2.24) is 19.8 Å². The van der Waals surface area contributed by atoms with Gasteiger partial charge in [0.05, 0.1) is 11.9 Å². The molecule has 3 aliphatic rings. The minimum absolute atomic E-state index is 0.123. The van der Waals surface area contributed by atoms with Crippen molar-refractivity contribution in [3.63, 3.8) is 0 Å². The third-order valence-electron chi connectivity index (χ3n) is 7.82. The number of carbonyl (C=O) groups excluding carboxylic acids is 2. The van der Waals surface area contributed by atoms with Crippen LogP contribution in [-0.2, 0) is 16.0 Å². The smallest absolute Gasteiger partial charge is 0.236 e. The number of carbonyl (C=O) groups is 2. The summed E-state index contributed by atoms with van der Waals surface area (Å²) in [6, 6.07) is 0.417. The van der Waals surface area contributed by atoms with Crippen LogP contribution in [0.25, 0.3) is 10.2 Å². The van der Waals surface area contributed by atoms with Crippen LogP contribution in [0.5, 0.6) is 5.88 Å². The van der Waals surface area contributed by atoms with Crippen molar-refractivity contribution in [2.24, 2.45) is 5.73 Å². The van der Waals surface area contributed by atoms with E-state index in [0.29, 0.717) is 30.8 Å². The van der Waals surface area contributed by atoms with Gasteiger partial charge in [-0.2, -0.15) is 0 Å². The van der Waals surface area contributed by atoms with Crippen LogP contribution in [0.1, 0.15) is 74.1 Å². The molecule has 5 rings (SSSR count). The summed E-state index contributed by atoms with van der Waals surface area (Å²) in [6.45, 7) is 2.34. The van der Waals surface area contributed by atoms with Gasteiger partial charge in [-0.15, -0.1) is 11.3 Å². The van der Waals surface area contributed by atoms with Crippen molar-refractivity contribution in [2.75, 3.05) is 26.7 Å². The molecule has 0 bridgehead atoms. The first kappa shape index (κ1) is 23.5. The number of rotatable bonds is 8. The molecule has 0 aromatic carbocycles. The molecule has 2 aromatic heterocycles. The van der Waals surface area contributed by atoms with Gasteiger partial charge in [0, 0.05) is 30.4 Å². The Morgan fingerprint density at radius 2 is 1.94 bits per heavy atom. The number of primary amides is 1. The highest BCUT2D eigenvalue weighted by Gasteiger charge is 2.32. The average Bonchev–Trinajstić information content (AvgIpc) is 3.56. The van der Waals surface area contributed by atoms with Crippen molar-refractivity contribution < 1.29 is 14.3 Å². The lowest BCUT2D eigenvalue weighted by Crippen LogP contribution is -2.44. The van der Waals surface area contributed by atoms with E-state index in [1.807, 2.05) is 4.90 Å². The Kier molecular flexibility index (Phi) is 7.01. The van der Waals surface area contributed by atoms with Gasteiger partial charge in [0.1, 0.15) is 17.3 Å². The Balaban J connectivity index is 1.22. The van der Waals surface area contributed by atoms with Crippen LogP contribution < -0.4 is 10.5 Å². The van der Waals surface area contributed by atoms with Crippen molar-refractivity contribution in [3.05, 3.63) is 16.8 Å². The summed E-state index contributed by atoms with van der Waals surface area (Å²) in [5.74, 6) is 1.03. The van der Waals surface area contributed by atoms with E-state index in [2.05, 4.69) is 21.9 Å². The third-order valence-corrected chi connectivity index (χ3v) is 9.00. The second-order valence-electron chi connectivity index (χ2n) is 10.1. The van der Waals surface area contributed by atoms with Gasteiger partial charge in [-0.05, 0) is 76.3 Å². The summed E-state index contributed by atoms with van der Waals surface area (Å²) in [4.78, 5) is 39.5. The van der Waals surface area contributed by atoms with Crippen LogP contribution in [0.3, 0.4) is 0 Å². The van der Waals surface area contributed by atoms with Gasteiger partial charge in [-0.25, -0.2) is 9.97 Å². The second kappa shape index (κ2) is 10.2. The van der Waals surface area contributed by atoms with Crippen LogP contribution in [-0.4, -0.2) is 70.4 Å². The monoisotopic (exact) mass is 485 g/mol. The molecule has 1 atom stereocenters. The molecule has 1 saturated carbocycles. The molecule has 9 heteroatoms. The Morgan fingerprint density at radius 3 is 2.68 bits per heavy atom. The highest BCUT2D eigenvalue weighted by molar-refractivity contribution is 7.19. The van der Waals surface area contributed by atoms with E-state index in [0.717, 1.165) is 81.1 Å². The molecule has 0 radical (unpaired) electrons. The maximum atomic E-state index is 12.5. The van der Waals surface area contributed by atoms with Gasteiger partial charge >= 0.3 is 0 Å². The molecular formula is C25H35N5O3S. The van der Waals surface area contributed by atoms with E-state index in [9.17, 15) is 9.59 Å². The standard InChI is InChI=1S/C25H35N5O3S/c1-29(14-21(32)30-12-2-3-13-30)17-6-8-18(9-7-17)33-24-23-22-16(5-11-20(26)31)4-10-19(22)34-25(23)28-15-27-24/h15-18H,2-14H2,1H3,(H2,26,31). The number of hydrogen-bond donors (Lipinski definition) is 1. The molecule has 2 N–H and O–H groups in total. The summed E-state index contributed by atoms with van der Waals surface area (Å²) >= 11 is 1.73. The zero-order chi connectivity index (χ0) is 23.7. The summed E-state index contributed by atoms with van der Waals surface area (Å²) in [6.07, 6.45) is 11.2. The van der Waals surface area contributed by atoms with Crippen LogP contribution in [0.2, 0.25) is 0 Å². The molecule has 0 spiro atoms. The first-order valence-electron chi connectivity index (χ1n) is 12.7. The zero-order valence-electron chi connectivity index (χ0n) is 20.0. The Bertz CT molecular complexity index is 1040. The summed E-state index contributed by atoms with van der Waals surface area (Å²) in [5.41, 5.74) is 6.70. The summed E-state index contributed by atoms with van der Waals surface area (Å²) < 4.78 is 6.49. The number of hydrogen-bond acceptors (Lipinski definition) is 7. The molecule has 34 heavy (non-hydrogen) atoms. The van der Waals surface area contributed by atoms with E-state index in [1.165, 1.54) is 10.4 Å². The molecule has 1 saturated heterocycles. The minimum Gasteiger partial charge on any atom is -0.474 e.